The first kappa shape index (κ1) is 14.0. The molecule has 0 fully saturated rings. The SMILES string of the molecule is Cc1noc(/C(=C\N=CNO)c2cccc3ccccc23)n1. The van der Waals surface area contributed by atoms with E-state index in [0.717, 1.165) is 22.7 Å². The maximum absolute atomic E-state index is 8.62. The van der Waals surface area contributed by atoms with Crippen molar-refractivity contribution < 1.29 is 9.73 Å². The van der Waals surface area contributed by atoms with E-state index in [1.807, 2.05) is 47.9 Å². The third kappa shape index (κ3) is 2.72. The average molecular weight is 294 g/mol. The Morgan fingerprint density at radius 1 is 1.23 bits per heavy atom. The highest BCUT2D eigenvalue weighted by Gasteiger charge is 2.14. The van der Waals surface area contributed by atoms with E-state index < -0.39 is 0 Å². The normalized spacial score (nSPS) is 12.2. The summed E-state index contributed by atoms with van der Waals surface area (Å²) in [5, 5.41) is 14.6. The molecule has 0 saturated heterocycles. The van der Waals surface area contributed by atoms with E-state index in [4.69, 9.17) is 9.73 Å². The Morgan fingerprint density at radius 3 is 2.82 bits per heavy atom. The van der Waals surface area contributed by atoms with Gasteiger partial charge in [0.05, 0.1) is 5.57 Å². The molecule has 3 aromatic rings. The van der Waals surface area contributed by atoms with Crippen LogP contribution in [0.5, 0.6) is 0 Å². The van der Waals surface area contributed by atoms with Crippen molar-refractivity contribution in [3.8, 4) is 0 Å². The minimum absolute atomic E-state index is 0.379. The summed E-state index contributed by atoms with van der Waals surface area (Å²) in [4.78, 5) is 8.25. The number of rotatable bonds is 4. The second kappa shape index (κ2) is 6.19. The van der Waals surface area contributed by atoms with Crippen LogP contribution in [-0.2, 0) is 0 Å². The molecule has 0 bridgehead atoms. The zero-order valence-corrected chi connectivity index (χ0v) is 11.9. The number of nitrogens with one attached hydrogen (secondary N) is 1. The molecule has 0 amide bonds. The highest BCUT2D eigenvalue weighted by atomic mass is 16.5. The van der Waals surface area contributed by atoms with Crippen LogP contribution in [0.25, 0.3) is 16.3 Å². The molecule has 1 aromatic heterocycles. The summed E-state index contributed by atoms with van der Waals surface area (Å²) < 4.78 is 5.27. The Hall–Kier alpha value is -2.99. The molecule has 2 N–H and O–H groups in total. The van der Waals surface area contributed by atoms with Crippen molar-refractivity contribution >= 4 is 22.7 Å². The first-order valence-corrected chi connectivity index (χ1v) is 6.70. The van der Waals surface area contributed by atoms with E-state index in [-0.39, 0.29) is 0 Å². The third-order valence-electron chi connectivity index (χ3n) is 3.17. The van der Waals surface area contributed by atoms with Gasteiger partial charge in [0.1, 0.15) is 6.34 Å². The lowest BCUT2D eigenvalue weighted by atomic mass is 9.99. The number of aromatic nitrogens is 2. The summed E-state index contributed by atoms with van der Waals surface area (Å²) in [6, 6.07) is 14.0. The van der Waals surface area contributed by atoms with E-state index in [0.29, 0.717) is 17.3 Å². The van der Waals surface area contributed by atoms with Gasteiger partial charge in [0, 0.05) is 6.20 Å². The van der Waals surface area contributed by atoms with Crippen LogP contribution in [0, 0.1) is 6.92 Å². The Balaban J connectivity index is 2.20. The number of benzene rings is 2. The molecule has 22 heavy (non-hydrogen) atoms. The van der Waals surface area contributed by atoms with E-state index in [1.54, 1.807) is 13.1 Å². The first-order valence-electron chi connectivity index (χ1n) is 6.70. The van der Waals surface area contributed by atoms with Crippen molar-refractivity contribution in [3.05, 3.63) is 65.9 Å². The Labute approximate surface area is 126 Å². The summed E-state index contributed by atoms with van der Waals surface area (Å²) in [7, 11) is 0. The van der Waals surface area contributed by atoms with Crippen LogP contribution in [0.4, 0.5) is 0 Å². The Bertz CT molecular complexity index is 847. The molecule has 6 heteroatoms. The lowest BCUT2D eigenvalue weighted by molar-refractivity contribution is 0.240. The lowest BCUT2D eigenvalue weighted by Gasteiger charge is -2.07. The number of aliphatic imine (C=N–C) groups is 1. The van der Waals surface area contributed by atoms with Gasteiger partial charge in [0.2, 0.25) is 0 Å². The van der Waals surface area contributed by atoms with Crippen molar-refractivity contribution in [3.63, 3.8) is 0 Å². The minimum Gasteiger partial charge on any atom is -0.334 e. The molecule has 0 spiro atoms. The van der Waals surface area contributed by atoms with Crippen LogP contribution < -0.4 is 5.48 Å². The number of aryl methyl sites for hydroxylation is 1. The van der Waals surface area contributed by atoms with Crippen LogP contribution in [0.3, 0.4) is 0 Å². The number of hydroxylamine groups is 1. The fourth-order valence-electron chi connectivity index (χ4n) is 2.25. The Kier molecular flexibility index (Phi) is 3.93. The molecule has 0 aliphatic carbocycles. The monoisotopic (exact) mass is 294 g/mol. The molecule has 2 aromatic carbocycles. The number of hydrogen-bond acceptors (Lipinski definition) is 5. The van der Waals surface area contributed by atoms with Crippen LogP contribution in [-0.4, -0.2) is 21.7 Å². The summed E-state index contributed by atoms with van der Waals surface area (Å²) in [6.07, 6.45) is 2.73. The van der Waals surface area contributed by atoms with Crippen molar-refractivity contribution in [1.82, 2.24) is 15.6 Å². The molecular weight excluding hydrogens is 280 g/mol. The predicted molar refractivity (Wildman–Crippen MR) is 83.5 cm³/mol. The largest absolute Gasteiger partial charge is 0.334 e. The second-order valence-electron chi connectivity index (χ2n) is 4.62. The first-order chi connectivity index (χ1) is 10.8. The molecule has 0 aliphatic heterocycles. The van der Waals surface area contributed by atoms with Gasteiger partial charge in [-0.1, -0.05) is 47.6 Å². The molecule has 1 heterocycles. The summed E-state index contributed by atoms with van der Waals surface area (Å²) >= 11 is 0. The van der Waals surface area contributed by atoms with Gasteiger partial charge in [-0.3, -0.25) is 10.7 Å². The van der Waals surface area contributed by atoms with Crippen molar-refractivity contribution in [2.24, 2.45) is 4.99 Å². The van der Waals surface area contributed by atoms with Crippen LogP contribution in [0.2, 0.25) is 0 Å². The topological polar surface area (TPSA) is 83.5 Å². The van der Waals surface area contributed by atoms with E-state index >= 15 is 0 Å². The van der Waals surface area contributed by atoms with Crippen molar-refractivity contribution in [2.75, 3.05) is 0 Å². The maximum atomic E-state index is 8.62. The van der Waals surface area contributed by atoms with Crippen molar-refractivity contribution in [1.29, 1.82) is 0 Å². The second-order valence-corrected chi connectivity index (χ2v) is 4.62. The van der Waals surface area contributed by atoms with Crippen LogP contribution in [0.1, 0.15) is 17.3 Å². The number of fused-ring (bicyclic) bond motifs is 1. The molecule has 6 nitrogen and oxygen atoms in total. The quantitative estimate of drug-likeness (QED) is 0.439. The van der Waals surface area contributed by atoms with Crippen LogP contribution in [0.15, 0.2) is 58.2 Å². The average Bonchev–Trinajstić information content (AvgIpc) is 2.97. The molecule has 0 unspecified atom stereocenters. The third-order valence-corrected chi connectivity index (χ3v) is 3.17. The van der Waals surface area contributed by atoms with E-state index in [1.165, 1.54) is 0 Å². The fraction of sp³-hybridized carbons (Fsp3) is 0.0625. The molecule has 0 saturated carbocycles. The highest BCUT2D eigenvalue weighted by molar-refractivity contribution is 5.96. The van der Waals surface area contributed by atoms with Gasteiger partial charge in [0.25, 0.3) is 5.89 Å². The fourth-order valence-corrected chi connectivity index (χ4v) is 2.25. The summed E-state index contributed by atoms with van der Waals surface area (Å²) in [6.45, 7) is 1.76. The van der Waals surface area contributed by atoms with Gasteiger partial charge in [-0.2, -0.15) is 4.98 Å². The van der Waals surface area contributed by atoms with Crippen LogP contribution >= 0.6 is 0 Å². The predicted octanol–water partition coefficient (Wildman–Crippen LogP) is 2.93. The molecule has 0 atom stereocenters. The molecular formula is C16H14N4O2. The van der Waals surface area contributed by atoms with Crippen molar-refractivity contribution in [2.45, 2.75) is 6.92 Å². The molecule has 0 aliphatic rings. The van der Waals surface area contributed by atoms with E-state index in [9.17, 15) is 0 Å². The molecule has 0 radical (unpaired) electrons. The number of hydrogen-bond donors (Lipinski definition) is 2. The van der Waals surface area contributed by atoms with E-state index in [2.05, 4.69) is 15.1 Å². The van der Waals surface area contributed by atoms with Gasteiger partial charge in [-0.05, 0) is 23.3 Å². The molecule has 110 valence electrons. The maximum Gasteiger partial charge on any atom is 0.260 e. The van der Waals surface area contributed by atoms with Gasteiger partial charge >= 0.3 is 0 Å². The smallest absolute Gasteiger partial charge is 0.260 e. The lowest BCUT2D eigenvalue weighted by Crippen LogP contribution is -2.01. The zero-order chi connectivity index (χ0) is 15.4. The van der Waals surface area contributed by atoms with Gasteiger partial charge in [-0.25, -0.2) is 4.99 Å². The van der Waals surface area contributed by atoms with Gasteiger partial charge < -0.3 is 4.52 Å². The van der Waals surface area contributed by atoms with Gasteiger partial charge in [0.15, 0.2) is 5.82 Å². The minimum atomic E-state index is 0.379. The Morgan fingerprint density at radius 2 is 2.05 bits per heavy atom. The summed E-state index contributed by atoms with van der Waals surface area (Å²) in [5.74, 6) is 0.925. The number of nitrogens with zero attached hydrogens (tertiary/aromatic N) is 3. The van der Waals surface area contributed by atoms with Gasteiger partial charge in [-0.15, -0.1) is 0 Å². The standard InChI is InChI=1S/C16H14N4O2/c1-11-19-16(22-20-11)15(9-17-10-18-21)14-8-4-6-12-5-2-3-7-13(12)14/h2-10,21H,1H3,(H,17,18)/b15-9-. The zero-order valence-electron chi connectivity index (χ0n) is 11.9. The highest BCUT2D eigenvalue weighted by Crippen LogP contribution is 2.29. The molecule has 3 rings (SSSR count). The summed E-state index contributed by atoms with van der Waals surface area (Å²) in [5.41, 5.74) is 3.48.